The molecule has 1 fully saturated rings. The first-order valence-electron chi connectivity index (χ1n) is 9.57. The molecule has 1 aliphatic heterocycles. The summed E-state index contributed by atoms with van der Waals surface area (Å²) in [4.78, 5) is 7.22. The first-order chi connectivity index (χ1) is 12.3. The summed E-state index contributed by atoms with van der Waals surface area (Å²) in [7, 11) is 0. The Morgan fingerprint density at radius 1 is 1.16 bits per heavy atom. The molecule has 1 unspecified atom stereocenters. The van der Waals surface area contributed by atoms with Crippen LogP contribution in [0.1, 0.15) is 24.1 Å². The highest BCUT2D eigenvalue weighted by atomic mass is 16.3. The molecule has 2 heterocycles. The Hall–Kier alpha value is -1.69. The van der Waals surface area contributed by atoms with Crippen LogP contribution in [-0.4, -0.2) is 60.4 Å². The molecule has 2 aliphatic rings. The highest BCUT2D eigenvalue weighted by Crippen LogP contribution is 2.33. The number of rotatable bonds is 5. The third-order valence-corrected chi connectivity index (χ3v) is 5.36. The van der Waals surface area contributed by atoms with Gasteiger partial charge in [0, 0.05) is 56.0 Å². The van der Waals surface area contributed by atoms with E-state index in [0.29, 0.717) is 6.54 Å². The van der Waals surface area contributed by atoms with E-state index in [1.165, 1.54) is 35.2 Å². The van der Waals surface area contributed by atoms with Gasteiger partial charge in [-0.2, -0.15) is 0 Å². The smallest absolute Gasteiger partial charge is 0.0839 e. The van der Waals surface area contributed by atoms with Gasteiger partial charge < -0.3 is 15.7 Å². The zero-order chi connectivity index (χ0) is 17.1. The summed E-state index contributed by atoms with van der Waals surface area (Å²) in [5, 5.41) is 18.6. The second-order valence-electron chi connectivity index (χ2n) is 7.22. The second-order valence-corrected chi connectivity index (χ2v) is 7.22. The third kappa shape index (κ3) is 3.78. The van der Waals surface area contributed by atoms with Gasteiger partial charge in [-0.25, -0.2) is 0 Å². The zero-order valence-electron chi connectivity index (χ0n) is 14.8. The first-order valence-corrected chi connectivity index (χ1v) is 9.57. The number of fused-ring (bicyclic) bond motifs is 2. The number of para-hydroxylation sites is 1. The van der Waals surface area contributed by atoms with Crippen LogP contribution < -0.4 is 10.6 Å². The number of anilines is 1. The molecule has 1 aliphatic carbocycles. The van der Waals surface area contributed by atoms with Crippen molar-refractivity contribution in [2.75, 3.05) is 44.6 Å². The molecule has 0 bridgehead atoms. The summed E-state index contributed by atoms with van der Waals surface area (Å²) in [5.41, 5.74) is 4.85. The first kappa shape index (κ1) is 16.8. The average molecular weight is 340 g/mol. The van der Waals surface area contributed by atoms with Crippen LogP contribution in [0.5, 0.6) is 0 Å². The highest BCUT2D eigenvalue weighted by molar-refractivity contribution is 5.93. The van der Waals surface area contributed by atoms with Crippen molar-refractivity contribution in [2.45, 2.75) is 31.8 Å². The maximum absolute atomic E-state index is 10.5. The van der Waals surface area contributed by atoms with Gasteiger partial charge in [0.15, 0.2) is 0 Å². The van der Waals surface area contributed by atoms with Crippen molar-refractivity contribution in [3.63, 3.8) is 0 Å². The van der Waals surface area contributed by atoms with Gasteiger partial charge in [0.1, 0.15) is 0 Å². The minimum Gasteiger partial charge on any atom is -0.390 e. The van der Waals surface area contributed by atoms with Gasteiger partial charge in [-0.15, -0.1) is 0 Å². The molecule has 1 aromatic carbocycles. The van der Waals surface area contributed by atoms with Gasteiger partial charge in [-0.3, -0.25) is 9.88 Å². The normalized spacial score (nSPS) is 19.6. The van der Waals surface area contributed by atoms with Crippen LogP contribution >= 0.6 is 0 Å². The number of β-amino-alcohol motifs (C(OH)–C–C–N with tert-alkyl or cyclic N) is 1. The lowest BCUT2D eigenvalue weighted by Crippen LogP contribution is -2.47. The monoisotopic (exact) mass is 340 g/mol. The van der Waals surface area contributed by atoms with E-state index in [0.717, 1.165) is 51.1 Å². The molecule has 5 nitrogen and oxygen atoms in total. The number of nitrogens with one attached hydrogen (secondary N) is 2. The summed E-state index contributed by atoms with van der Waals surface area (Å²) in [6.45, 7) is 5.39. The van der Waals surface area contributed by atoms with Crippen molar-refractivity contribution < 1.29 is 5.11 Å². The summed E-state index contributed by atoms with van der Waals surface area (Å²) in [6.07, 6.45) is 4.25. The van der Waals surface area contributed by atoms with Gasteiger partial charge in [0.25, 0.3) is 0 Å². The summed E-state index contributed by atoms with van der Waals surface area (Å²) >= 11 is 0. The van der Waals surface area contributed by atoms with E-state index >= 15 is 0 Å². The van der Waals surface area contributed by atoms with Crippen LogP contribution in [0.3, 0.4) is 0 Å². The fourth-order valence-corrected chi connectivity index (χ4v) is 4.05. The number of aryl methyl sites for hydroxylation is 1. The molecule has 5 heteroatoms. The minimum absolute atomic E-state index is 0.357. The Morgan fingerprint density at radius 3 is 2.84 bits per heavy atom. The molecule has 134 valence electrons. The van der Waals surface area contributed by atoms with E-state index in [1.807, 2.05) is 6.07 Å². The highest BCUT2D eigenvalue weighted by Gasteiger charge is 2.19. The number of benzene rings is 1. The average Bonchev–Trinajstić information content (AvgIpc) is 2.66. The van der Waals surface area contributed by atoms with Gasteiger partial charge >= 0.3 is 0 Å². The van der Waals surface area contributed by atoms with E-state index in [1.54, 1.807) is 0 Å². The number of nitrogens with zero attached hydrogens (tertiary/aromatic N) is 2. The second kappa shape index (κ2) is 7.68. The van der Waals surface area contributed by atoms with Gasteiger partial charge in [-0.05, 0) is 37.3 Å². The van der Waals surface area contributed by atoms with Gasteiger partial charge in [0.2, 0.25) is 0 Å². The summed E-state index contributed by atoms with van der Waals surface area (Å²) in [5.74, 6) is 0. The quantitative estimate of drug-likeness (QED) is 0.775. The van der Waals surface area contributed by atoms with Gasteiger partial charge in [0.05, 0.1) is 11.6 Å². The molecule has 2 aromatic rings. The van der Waals surface area contributed by atoms with E-state index in [4.69, 9.17) is 4.98 Å². The number of hydrogen-bond acceptors (Lipinski definition) is 5. The molecule has 0 saturated carbocycles. The Bertz CT molecular complexity index is 727. The predicted molar refractivity (Wildman–Crippen MR) is 102 cm³/mol. The van der Waals surface area contributed by atoms with Crippen molar-refractivity contribution in [2.24, 2.45) is 0 Å². The zero-order valence-corrected chi connectivity index (χ0v) is 14.8. The van der Waals surface area contributed by atoms with Crippen molar-refractivity contribution >= 4 is 16.6 Å². The van der Waals surface area contributed by atoms with Crippen LogP contribution in [0.15, 0.2) is 24.3 Å². The SMILES string of the molecule is OC(CNc1c2c(nc3ccccc13)CCCC2)CN1CCNCC1. The van der Waals surface area contributed by atoms with Crippen LogP contribution in [-0.2, 0) is 12.8 Å². The lowest BCUT2D eigenvalue weighted by atomic mass is 9.92. The van der Waals surface area contributed by atoms with E-state index in [-0.39, 0.29) is 6.10 Å². The molecule has 0 amide bonds. The molecule has 1 saturated heterocycles. The molecule has 0 spiro atoms. The number of aliphatic hydroxyl groups excluding tert-OH is 1. The predicted octanol–water partition coefficient (Wildman–Crippen LogP) is 1.79. The largest absolute Gasteiger partial charge is 0.390 e. The number of hydrogen-bond donors (Lipinski definition) is 3. The Balaban J connectivity index is 1.51. The Morgan fingerprint density at radius 2 is 1.96 bits per heavy atom. The Kier molecular flexibility index (Phi) is 5.15. The van der Waals surface area contributed by atoms with Crippen LogP contribution in [0.4, 0.5) is 5.69 Å². The molecule has 3 N–H and O–H groups in total. The van der Waals surface area contributed by atoms with Crippen LogP contribution in [0, 0.1) is 0 Å². The molecule has 25 heavy (non-hydrogen) atoms. The Labute approximate surface area is 149 Å². The van der Waals surface area contributed by atoms with Crippen molar-refractivity contribution in [3.8, 4) is 0 Å². The molecular weight excluding hydrogens is 312 g/mol. The number of pyridine rings is 1. The standard InChI is InChI=1S/C20H28N4O/c25-15(14-24-11-9-21-10-12-24)13-22-20-16-5-1-3-7-18(16)23-19-8-4-2-6-17(19)20/h1,3,5,7,15,21,25H,2,4,6,8-14H2,(H,22,23). The molecule has 0 radical (unpaired) electrons. The van der Waals surface area contributed by atoms with Gasteiger partial charge in [-0.1, -0.05) is 18.2 Å². The summed E-state index contributed by atoms with van der Waals surface area (Å²) < 4.78 is 0. The van der Waals surface area contributed by atoms with Crippen molar-refractivity contribution in [1.29, 1.82) is 0 Å². The lowest BCUT2D eigenvalue weighted by molar-refractivity contribution is 0.114. The van der Waals surface area contributed by atoms with E-state index in [2.05, 4.69) is 33.7 Å². The molecule has 4 rings (SSSR count). The maximum Gasteiger partial charge on any atom is 0.0839 e. The molecular formula is C20H28N4O. The van der Waals surface area contributed by atoms with E-state index < -0.39 is 0 Å². The molecule has 1 atom stereocenters. The number of aromatic nitrogens is 1. The fraction of sp³-hybridized carbons (Fsp3) is 0.550. The lowest BCUT2D eigenvalue weighted by Gasteiger charge is -2.29. The van der Waals surface area contributed by atoms with Crippen molar-refractivity contribution in [1.82, 2.24) is 15.2 Å². The minimum atomic E-state index is -0.357. The van der Waals surface area contributed by atoms with Crippen molar-refractivity contribution in [3.05, 3.63) is 35.5 Å². The summed E-state index contributed by atoms with van der Waals surface area (Å²) in [6, 6.07) is 8.35. The fourth-order valence-electron chi connectivity index (χ4n) is 4.05. The maximum atomic E-state index is 10.5. The third-order valence-electron chi connectivity index (χ3n) is 5.36. The number of aliphatic hydroxyl groups is 1. The number of piperazine rings is 1. The van der Waals surface area contributed by atoms with Crippen LogP contribution in [0.2, 0.25) is 0 Å². The van der Waals surface area contributed by atoms with E-state index in [9.17, 15) is 5.11 Å². The topological polar surface area (TPSA) is 60.4 Å². The van der Waals surface area contributed by atoms with Crippen LogP contribution in [0.25, 0.3) is 10.9 Å². The molecule has 1 aromatic heterocycles.